The molecule has 1 aliphatic heterocycles. The molecule has 0 bridgehead atoms. The second-order valence-corrected chi connectivity index (χ2v) is 10.1. The first-order valence-corrected chi connectivity index (χ1v) is 12.4. The Labute approximate surface area is 175 Å². The average molecular weight is 426 g/mol. The van der Waals surface area contributed by atoms with E-state index in [1.807, 2.05) is 4.72 Å². The van der Waals surface area contributed by atoms with Crippen molar-refractivity contribution in [3.05, 3.63) is 35.4 Å². The second kappa shape index (κ2) is 11.1. The number of unbranched alkanes of at least 4 members (excludes halogenated alkanes) is 3. The number of benzene rings is 1. The number of carbonyl (C=O) groups is 1. The van der Waals surface area contributed by atoms with Gasteiger partial charge < -0.3 is 9.47 Å². The van der Waals surface area contributed by atoms with E-state index in [0.29, 0.717) is 18.9 Å². The summed E-state index contributed by atoms with van der Waals surface area (Å²) in [6.45, 7) is 7.02. The maximum atomic E-state index is 11.5. The normalized spacial score (nSPS) is 22.6. The van der Waals surface area contributed by atoms with Crippen LogP contribution in [0.4, 0.5) is 0 Å². The summed E-state index contributed by atoms with van der Waals surface area (Å²) in [6, 6.07) is 8.41. The van der Waals surface area contributed by atoms with Crippen LogP contribution in [0.15, 0.2) is 24.3 Å². The zero-order chi connectivity index (χ0) is 21.4. The average Bonchev–Trinajstić information content (AvgIpc) is 2.63. The summed E-state index contributed by atoms with van der Waals surface area (Å²) in [5, 5.41) is 0. The summed E-state index contributed by atoms with van der Waals surface area (Å²) in [5.41, 5.74) is 2.55. The van der Waals surface area contributed by atoms with Gasteiger partial charge in [-0.15, -0.1) is 0 Å². The zero-order valence-electron chi connectivity index (χ0n) is 18.0. The van der Waals surface area contributed by atoms with Crippen molar-refractivity contribution in [1.29, 1.82) is 0 Å². The Balaban J connectivity index is 1.83. The Morgan fingerprint density at radius 2 is 1.86 bits per heavy atom. The Bertz CT molecular complexity index is 762. The lowest BCUT2D eigenvalue weighted by Gasteiger charge is -2.39. The highest BCUT2D eigenvalue weighted by atomic mass is 32.2. The lowest BCUT2D eigenvalue weighted by Crippen LogP contribution is -2.41. The highest BCUT2D eigenvalue weighted by Crippen LogP contribution is 2.34. The molecule has 0 aromatic heterocycles. The van der Waals surface area contributed by atoms with Gasteiger partial charge in [-0.05, 0) is 30.9 Å². The molecule has 1 aliphatic rings. The van der Waals surface area contributed by atoms with Crippen LogP contribution in [-0.4, -0.2) is 39.6 Å². The minimum atomic E-state index is -3.46. The molecule has 29 heavy (non-hydrogen) atoms. The molecule has 1 heterocycles. The van der Waals surface area contributed by atoms with Crippen LogP contribution in [0.2, 0.25) is 0 Å². The Kier molecular flexibility index (Phi) is 9.11. The van der Waals surface area contributed by atoms with E-state index < -0.39 is 15.9 Å². The molecule has 7 heteroatoms. The van der Waals surface area contributed by atoms with Gasteiger partial charge in [0.25, 0.3) is 0 Å². The Hall–Kier alpha value is -1.44. The number of carbonyl (C=O) groups excluding carboxylic acids is 1. The second-order valence-electron chi connectivity index (χ2n) is 8.33. The third-order valence-corrected chi connectivity index (χ3v) is 5.87. The molecule has 1 aromatic carbocycles. The molecule has 1 N–H and O–H groups in total. The van der Waals surface area contributed by atoms with Gasteiger partial charge in [0.15, 0.2) is 6.29 Å². The van der Waals surface area contributed by atoms with E-state index in [0.717, 1.165) is 31.9 Å². The van der Waals surface area contributed by atoms with Crippen LogP contribution >= 0.6 is 0 Å². The predicted molar refractivity (Wildman–Crippen MR) is 114 cm³/mol. The fourth-order valence-corrected chi connectivity index (χ4v) is 4.28. The third-order valence-electron chi connectivity index (χ3n) is 5.27. The molecular weight excluding hydrogens is 390 g/mol. The molecular formula is C22H35NO5S. The molecule has 0 aliphatic carbocycles. The largest absolute Gasteiger partial charge is 0.352 e. The van der Waals surface area contributed by atoms with E-state index in [4.69, 9.17) is 9.47 Å². The molecule has 2 rings (SSSR count). The van der Waals surface area contributed by atoms with Gasteiger partial charge in [0.2, 0.25) is 15.9 Å². The monoisotopic (exact) mass is 425 g/mol. The van der Waals surface area contributed by atoms with Gasteiger partial charge in [-0.25, -0.2) is 8.42 Å². The first kappa shape index (κ1) is 23.8. The topological polar surface area (TPSA) is 81.7 Å². The number of sulfonamides is 1. The van der Waals surface area contributed by atoms with Crippen molar-refractivity contribution in [2.24, 2.45) is 5.92 Å². The molecule has 1 aromatic rings. The van der Waals surface area contributed by atoms with Crippen LogP contribution in [0.1, 0.15) is 69.4 Å². The molecule has 0 spiro atoms. The molecule has 0 radical (unpaired) electrons. The number of hydrogen-bond donors (Lipinski definition) is 1. The summed E-state index contributed by atoms with van der Waals surface area (Å²) in [4.78, 5) is 11.5. The summed E-state index contributed by atoms with van der Waals surface area (Å²) in [7, 11) is -3.46. The van der Waals surface area contributed by atoms with E-state index >= 15 is 0 Å². The smallest absolute Gasteiger partial charge is 0.233 e. The fraction of sp³-hybridized carbons (Fsp3) is 0.682. The van der Waals surface area contributed by atoms with Gasteiger partial charge in [-0.3, -0.25) is 9.52 Å². The minimum Gasteiger partial charge on any atom is -0.352 e. The van der Waals surface area contributed by atoms with Gasteiger partial charge in [0.05, 0.1) is 19.0 Å². The van der Waals surface area contributed by atoms with Crippen molar-refractivity contribution < 1.29 is 22.7 Å². The van der Waals surface area contributed by atoms with Crippen molar-refractivity contribution in [3.8, 4) is 0 Å². The molecule has 164 valence electrons. The number of rotatable bonds is 10. The molecule has 1 saturated heterocycles. The zero-order valence-corrected chi connectivity index (χ0v) is 18.8. The third kappa shape index (κ3) is 8.07. The highest BCUT2D eigenvalue weighted by molar-refractivity contribution is 7.89. The van der Waals surface area contributed by atoms with Crippen LogP contribution in [0.5, 0.6) is 0 Å². The van der Waals surface area contributed by atoms with Crippen molar-refractivity contribution in [2.75, 3.05) is 12.9 Å². The van der Waals surface area contributed by atoms with E-state index in [1.165, 1.54) is 11.1 Å². The molecule has 1 fully saturated rings. The summed E-state index contributed by atoms with van der Waals surface area (Å²) >= 11 is 0. The summed E-state index contributed by atoms with van der Waals surface area (Å²) < 4.78 is 36.4. The molecule has 3 unspecified atom stereocenters. The van der Waals surface area contributed by atoms with Gasteiger partial charge in [-0.1, -0.05) is 57.4 Å². The quantitative estimate of drug-likeness (QED) is 0.575. The maximum Gasteiger partial charge on any atom is 0.233 e. The van der Waals surface area contributed by atoms with Crippen LogP contribution in [0.3, 0.4) is 0 Å². The maximum absolute atomic E-state index is 11.5. The molecule has 3 atom stereocenters. The van der Waals surface area contributed by atoms with E-state index in [2.05, 4.69) is 45.0 Å². The molecule has 1 amide bonds. The Morgan fingerprint density at radius 3 is 2.52 bits per heavy atom. The van der Waals surface area contributed by atoms with Crippen molar-refractivity contribution in [2.45, 2.75) is 77.6 Å². The lowest BCUT2D eigenvalue weighted by molar-refractivity contribution is -0.240. The molecule has 0 saturated carbocycles. The van der Waals surface area contributed by atoms with Crippen molar-refractivity contribution >= 4 is 15.9 Å². The predicted octanol–water partition coefficient (Wildman–Crippen LogP) is 3.89. The van der Waals surface area contributed by atoms with Gasteiger partial charge in [-0.2, -0.15) is 0 Å². The fourth-order valence-electron chi connectivity index (χ4n) is 3.77. The standard InChI is InChI=1S/C22H35NO5S/c1-16(2)22-27-15-19(18-12-10-9-11-17(18)3)20(28-22)13-7-5-6-8-14-21(24)23-29(4,25)26/h9-12,16,19-20,22H,5-8,13-15H2,1-4H3,(H,23,24). The number of nitrogens with one attached hydrogen (secondary N) is 1. The van der Waals surface area contributed by atoms with Crippen molar-refractivity contribution in [1.82, 2.24) is 4.72 Å². The van der Waals surface area contributed by atoms with Crippen molar-refractivity contribution in [3.63, 3.8) is 0 Å². The summed E-state index contributed by atoms with van der Waals surface area (Å²) in [5.74, 6) is 0.107. The van der Waals surface area contributed by atoms with E-state index in [1.54, 1.807) is 0 Å². The van der Waals surface area contributed by atoms with E-state index in [9.17, 15) is 13.2 Å². The lowest BCUT2D eigenvalue weighted by atomic mass is 9.87. The van der Waals surface area contributed by atoms with E-state index in [-0.39, 0.29) is 24.7 Å². The van der Waals surface area contributed by atoms with Gasteiger partial charge >= 0.3 is 0 Å². The minimum absolute atomic E-state index is 0.116. The number of hydrogen-bond acceptors (Lipinski definition) is 5. The van der Waals surface area contributed by atoms with Gasteiger partial charge in [0, 0.05) is 18.3 Å². The first-order chi connectivity index (χ1) is 13.7. The van der Waals surface area contributed by atoms with Crippen LogP contribution in [0.25, 0.3) is 0 Å². The highest BCUT2D eigenvalue weighted by Gasteiger charge is 2.34. The van der Waals surface area contributed by atoms with Crippen LogP contribution < -0.4 is 4.72 Å². The molecule has 6 nitrogen and oxygen atoms in total. The first-order valence-electron chi connectivity index (χ1n) is 10.5. The Morgan fingerprint density at radius 1 is 1.17 bits per heavy atom. The SMILES string of the molecule is Cc1ccccc1C1COC(C(C)C)OC1CCCCCCC(=O)NS(C)(=O)=O. The van der Waals surface area contributed by atoms with Gasteiger partial charge in [0.1, 0.15) is 0 Å². The van der Waals surface area contributed by atoms with Crippen LogP contribution in [-0.2, 0) is 24.3 Å². The van der Waals surface area contributed by atoms with Crippen LogP contribution in [0, 0.1) is 12.8 Å². The number of aryl methyl sites for hydroxylation is 1. The number of ether oxygens (including phenoxy) is 2. The summed E-state index contributed by atoms with van der Waals surface area (Å²) in [6.07, 6.45) is 5.70. The number of amides is 1.